The molecule has 6 nitrogen and oxygen atoms in total. The molecule has 0 aliphatic carbocycles. The van der Waals surface area contributed by atoms with E-state index in [-0.39, 0.29) is 5.91 Å². The molecular formula is C21H29N3O3. The van der Waals surface area contributed by atoms with Gasteiger partial charge in [0.15, 0.2) is 11.5 Å². The third kappa shape index (κ3) is 4.74. The van der Waals surface area contributed by atoms with Crippen molar-refractivity contribution in [1.82, 2.24) is 15.1 Å². The molecule has 3 rings (SSSR count). The lowest BCUT2D eigenvalue weighted by atomic mass is 9.94. The van der Waals surface area contributed by atoms with Gasteiger partial charge in [0.1, 0.15) is 5.54 Å². The van der Waals surface area contributed by atoms with Crippen LogP contribution in [0.3, 0.4) is 0 Å². The van der Waals surface area contributed by atoms with Gasteiger partial charge in [-0.2, -0.15) is 0 Å². The van der Waals surface area contributed by atoms with E-state index in [2.05, 4.69) is 33.2 Å². The maximum atomic E-state index is 12.4. The number of ether oxygens (including phenoxy) is 2. The van der Waals surface area contributed by atoms with Crippen molar-refractivity contribution in [2.24, 2.45) is 0 Å². The van der Waals surface area contributed by atoms with E-state index in [4.69, 9.17) is 15.9 Å². The third-order valence-corrected chi connectivity index (χ3v) is 5.54. The fourth-order valence-electron chi connectivity index (χ4n) is 3.58. The van der Waals surface area contributed by atoms with Crippen molar-refractivity contribution in [2.45, 2.75) is 38.8 Å². The molecule has 1 aromatic carbocycles. The second-order valence-corrected chi connectivity index (χ2v) is 7.22. The number of nitrogens with one attached hydrogen (secondary N) is 1. The van der Waals surface area contributed by atoms with Crippen molar-refractivity contribution in [3.05, 3.63) is 23.8 Å². The number of carbonyl (C=O) groups excluding carboxylic acids is 1. The molecule has 2 aliphatic heterocycles. The Morgan fingerprint density at radius 3 is 2.48 bits per heavy atom. The minimum absolute atomic E-state index is 0.0147. The fraction of sp³-hybridized carbons (Fsp3) is 0.571. The standard InChI is InChI=1S/C21H29N3O3/c1-4-21(5-2,6-3)22-20(25)15-24-11-9-23(10-12-24)14-17-7-8-18-19(13-17)27-16-26-18/h1,7-8,13H,5-6,9-12,14-16H2,2-3H3,(H,22,25). The Hall–Kier alpha value is -2.23. The highest BCUT2D eigenvalue weighted by molar-refractivity contribution is 5.79. The highest BCUT2D eigenvalue weighted by Gasteiger charge is 2.27. The third-order valence-electron chi connectivity index (χ3n) is 5.54. The maximum absolute atomic E-state index is 12.4. The summed E-state index contributed by atoms with van der Waals surface area (Å²) >= 11 is 0. The summed E-state index contributed by atoms with van der Waals surface area (Å²) in [4.78, 5) is 17.0. The molecule has 0 bridgehead atoms. The molecule has 6 heteroatoms. The number of fused-ring (bicyclic) bond motifs is 1. The van der Waals surface area contributed by atoms with E-state index in [1.807, 2.05) is 19.9 Å². The summed E-state index contributed by atoms with van der Waals surface area (Å²) in [6.07, 6.45) is 7.12. The van der Waals surface area contributed by atoms with Crippen molar-refractivity contribution in [3.63, 3.8) is 0 Å². The minimum Gasteiger partial charge on any atom is -0.454 e. The van der Waals surface area contributed by atoms with E-state index in [1.54, 1.807) is 0 Å². The van der Waals surface area contributed by atoms with Crippen molar-refractivity contribution >= 4 is 5.91 Å². The van der Waals surface area contributed by atoms with Crippen LogP contribution >= 0.6 is 0 Å². The van der Waals surface area contributed by atoms with Crippen molar-refractivity contribution in [1.29, 1.82) is 0 Å². The molecule has 27 heavy (non-hydrogen) atoms. The van der Waals surface area contributed by atoms with E-state index in [0.29, 0.717) is 13.3 Å². The van der Waals surface area contributed by atoms with Crippen molar-refractivity contribution in [2.75, 3.05) is 39.5 Å². The molecule has 2 heterocycles. The predicted octanol–water partition coefficient (Wildman–Crippen LogP) is 1.84. The number of benzene rings is 1. The molecule has 1 N–H and O–H groups in total. The number of hydrogen-bond donors (Lipinski definition) is 1. The van der Waals surface area contributed by atoms with E-state index in [1.165, 1.54) is 5.56 Å². The maximum Gasteiger partial charge on any atom is 0.235 e. The molecule has 1 aromatic rings. The number of hydrogen-bond acceptors (Lipinski definition) is 5. The van der Waals surface area contributed by atoms with Gasteiger partial charge in [-0.25, -0.2) is 0 Å². The Morgan fingerprint density at radius 2 is 1.81 bits per heavy atom. The average Bonchev–Trinajstić information content (AvgIpc) is 3.15. The summed E-state index contributed by atoms with van der Waals surface area (Å²) in [7, 11) is 0. The quantitative estimate of drug-likeness (QED) is 0.742. The zero-order chi connectivity index (χ0) is 19.3. The predicted molar refractivity (Wildman–Crippen MR) is 105 cm³/mol. The van der Waals surface area contributed by atoms with Crippen LogP contribution < -0.4 is 14.8 Å². The number of rotatable bonds is 7. The van der Waals surface area contributed by atoms with Crippen LogP contribution in [0, 0.1) is 12.3 Å². The lowest BCUT2D eigenvalue weighted by Gasteiger charge is -2.35. The summed E-state index contributed by atoms with van der Waals surface area (Å²) < 4.78 is 10.8. The zero-order valence-corrected chi connectivity index (χ0v) is 16.3. The highest BCUT2D eigenvalue weighted by Crippen LogP contribution is 2.32. The summed E-state index contributed by atoms with van der Waals surface area (Å²) in [5.74, 6) is 4.41. The molecular weight excluding hydrogens is 342 g/mol. The van der Waals surface area contributed by atoms with Crippen molar-refractivity contribution < 1.29 is 14.3 Å². The molecule has 1 saturated heterocycles. The monoisotopic (exact) mass is 371 g/mol. The lowest BCUT2D eigenvalue weighted by Crippen LogP contribution is -2.53. The van der Waals surface area contributed by atoms with Gasteiger partial charge in [0.25, 0.3) is 0 Å². The normalized spacial score (nSPS) is 17.5. The van der Waals surface area contributed by atoms with Gasteiger partial charge in [0.05, 0.1) is 6.54 Å². The minimum atomic E-state index is -0.516. The van der Waals surface area contributed by atoms with Crippen molar-refractivity contribution in [3.8, 4) is 23.8 Å². The summed E-state index contributed by atoms with van der Waals surface area (Å²) in [6.45, 7) is 9.23. The van der Waals surface area contributed by atoms with Crippen LogP contribution in [-0.4, -0.2) is 60.8 Å². The molecule has 0 unspecified atom stereocenters. The first-order chi connectivity index (χ1) is 13.1. The first-order valence-electron chi connectivity index (χ1n) is 9.69. The molecule has 0 atom stereocenters. The lowest BCUT2D eigenvalue weighted by molar-refractivity contribution is -0.124. The number of terminal acetylenes is 1. The molecule has 1 amide bonds. The molecule has 2 aliphatic rings. The number of piperazine rings is 1. The Labute approximate surface area is 161 Å². The first-order valence-corrected chi connectivity index (χ1v) is 9.69. The molecule has 0 saturated carbocycles. The topological polar surface area (TPSA) is 54.0 Å². The first kappa shape index (κ1) is 19.5. The van der Waals surface area contributed by atoms with Gasteiger partial charge >= 0.3 is 0 Å². The smallest absolute Gasteiger partial charge is 0.235 e. The van der Waals surface area contributed by atoms with E-state index < -0.39 is 5.54 Å². The van der Waals surface area contributed by atoms with Crippen LogP contribution in [0.25, 0.3) is 0 Å². The Bertz CT molecular complexity index is 701. The summed E-state index contributed by atoms with van der Waals surface area (Å²) in [5, 5.41) is 3.05. The van der Waals surface area contributed by atoms with Crippen LogP contribution in [0.2, 0.25) is 0 Å². The Morgan fingerprint density at radius 1 is 1.15 bits per heavy atom. The number of amides is 1. The van der Waals surface area contributed by atoms with Gasteiger partial charge < -0.3 is 14.8 Å². The SMILES string of the molecule is C#CC(CC)(CC)NC(=O)CN1CCN(Cc2ccc3c(c2)OCO3)CC1. The average molecular weight is 371 g/mol. The molecule has 146 valence electrons. The van der Waals surface area contributed by atoms with Crippen LogP contribution in [0.1, 0.15) is 32.3 Å². The van der Waals surface area contributed by atoms with Crippen LogP contribution in [-0.2, 0) is 11.3 Å². The van der Waals surface area contributed by atoms with Gasteiger partial charge in [-0.1, -0.05) is 25.8 Å². The largest absolute Gasteiger partial charge is 0.454 e. The van der Waals surface area contributed by atoms with Gasteiger partial charge in [-0.15, -0.1) is 6.42 Å². The molecule has 0 aromatic heterocycles. The Balaban J connectivity index is 1.45. The summed E-state index contributed by atoms with van der Waals surface area (Å²) in [6, 6.07) is 6.11. The second kappa shape index (κ2) is 8.64. The summed E-state index contributed by atoms with van der Waals surface area (Å²) in [5.41, 5.74) is 0.702. The van der Waals surface area contributed by atoms with Gasteiger partial charge in [0, 0.05) is 32.7 Å². The van der Waals surface area contributed by atoms with Crippen LogP contribution in [0.5, 0.6) is 11.5 Å². The van der Waals surface area contributed by atoms with Gasteiger partial charge in [-0.05, 0) is 30.5 Å². The molecule has 0 radical (unpaired) electrons. The molecule has 1 fully saturated rings. The van der Waals surface area contributed by atoms with Gasteiger partial charge in [0.2, 0.25) is 12.7 Å². The van der Waals surface area contributed by atoms with E-state index in [9.17, 15) is 4.79 Å². The highest BCUT2D eigenvalue weighted by atomic mass is 16.7. The Kier molecular flexibility index (Phi) is 6.25. The van der Waals surface area contributed by atoms with Crippen LogP contribution in [0.4, 0.5) is 0 Å². The van der Waals surface area contributed by atoms with Gasteiger partial charge in [-0.3, -0.25) is 14.6 Å². The number of carbonyl (C=O) groups is 1. The second-order valence-electron chi connectivity index (χ2n) is 7.22. The van der Waals surface area contributed by atoms with Crippen LogP contribution in [0.15, 0.2) is 18.2 Å². The fourth-order valence-corrected chi connectivity index (χ4v) is 3.58. The van der Waals surface area contributed by atoms with E-state index in [0.717, 1.165) is 57.1 Å². The zero-order valence-electron chi connectivity index (χ0n) is 16.3. The number of nitrogens with zero attached hydrogens (tertiary/aromatic N) is 2. The molecule has 0 spiro atoms. The van der Waals surface area contributed by atoms with E-state index >= 15 is 0 Å².